The van der Waals surface area contributed by atoms with Crippen molar-refractivity contribution in [1.82, 2.24) is 14.9 Å². The Hall–Kier alpha value is -2.47. The van der Waals surface area contributed by atoms with Crippen LogP contribution in [0.15, 0.2) is 30.5 Å². The van der Waals surface area contributed by atoms with Crippen LogP contribution < -0.4 is 10.5 Å². The van der Waals surface area contributed by atoms with Crippen LogP contribution in [0.4, 0.5) is 0 Å². The number of carbonyl (C=O) groups excluding carboxylic acids is 1. The summed E-state index contributed by atoms with van der Waals surface area (Å²) in [6, 6.07) is 7.98. The molecule has 0 bridgehead atoms. The molecule has 22 heavy (non-hydrogen) atoms. The van der Waals surface area contributed by atoms with E-state index in [4.69, 9.17) is 10.5 Å². The van der Waals surface area contributed by atoms with Gasteiger partial charge in [-0.3, -0.25) is 9.69 Å². The van der Waals surface area contributed by atoms with E-state index < -0.39 is 5.91 Å². The van der Waals surface area contributed by atoms with Crippen molar-refractivity contribution in [3.63, 3.8) is 0 Å². The summed E-state index contributed by atoms with van der Waals surface area (Å²) in [5.41, 5.74) is 8.35. The van der Waals surface area contributed by atoms with Gasteiger partial charge in [0.05, 0.1) is 12.8 Å². The van der Waals surface area contributed by atoms with Crippen LogP contribution in [-0.2, 0) is 19.5 Å². The van der Waals surface area contributed by atoms with E-state index in [1.54, 1.807) is 13.3 Å². The first-order chi connectivity index (χ1) is 10.7. The van der Waals surface area contributed by atoms with Crippen molar-refractivity contribution < 1.29 is 9.53 Å². The van der Waals surface area contributed by atoms with Crippen molar-refractivity contribution >= 4 is 5.91 Å². The minimum atomic E-state index is -0.593. The number of rotatable bonds is 4. The van der Waals surface area contributed by atoms with Gasteiger partial charge in [-0.25, -0.2) is 9.97 Å². The standard InChI is InChI=1S/C16H18N4O2/c1-22-14-5-3-2-4-12(14)9-20-7-6-11-8-18-16(15(17)21)19-13(11)10-20/h2-5,8H,6-7,9-10H2,1H3,(H2,17,21). The van der Waals surface area contributed by atoms with Crippen molar-refractivity contribution in [2.75, 3.05) is 13.7 Å². The van der Waals surface area contributed by atoms with Gasteiger partial charge in [0, 0.05) is 31.4 Å². The van der Waals surface area contributed by atoms with E-state index in [-0.39, 0.29) is 5.82 Å². The number of benzene rings is 1. The minimum absolute atomic E-state index is 0.0814. The third-order valence-corrected chi connectivity index (χ3v) is 3.83. The summed E-state index contributed by atoms with van der Waals surface area (Å²) in [6.07, 6.45) is 2.58. The summed E-state index contributed by atoms with van der Waals surface area (Å²) >= 11 is 0. The zero-order valence-corrected chi connectivity index (χ0v) is 12.5. The second-order valence-corrected chi connectivity index (χ2v) is 5.30. The van der Waals surface area contributed by atoms with Gasteiger partial charge >= 0.3 is 0 Å². The van der Waals surface area contributed by atoms with E-state index in [1.807, 2.05) is 18.2 Å². The molecule has 0 atom stereocenters. The van der Waals surface area contributed by atoms with E-state index in [9.17, 15) is 4.79 Å². The monoisotopic (exact) mass is 298 g/mol. The summed E-state index contributed by atoms with van der Waals surface area (Å²) in [5, 5.41) is 0. The summed E-state index contributed by atoms with van der Waals surface area (Å²) in [5.74, 6) is 0.372. The Morgan fingerprint density at radius 1 is 1.41 bits per heavy atom. The summed E-state index contributed by atoms with van der Waals surface area (Å²) in [6.45, 7) is 2.37. The quantitative estimate of drug-likeness (QED) is 0.915. The molecule has 2 N–H and O–H groups in total. The van der Waals surface area contributed by atoms with Crippen LogP contribution in [-0.4, -0.2) is 34.4 Å². The molecule has 6 heteroatoms. The van der Waals surface area contributed by atoms with Crippen molar-refractivity contribution in [2.24, 2.45) is 5.73 Å². The lowest BCUT2D eigenvalue weighted by molar-refractivity contribution is 0.0989. The van der Waals surface area contributed by atoms with Crippen LogP contribution in [0.3, 0.4) is 0 Å². The fourth-order valence-corrected chi connectivity index (χ4v) is 2.69. The summed E-state index contributed by atoms with van der Waals surface area (Å²) in [7, 11) is 1.68. The van der Waals surface area contributed by atoms with Crippen molar-refractivity contribution in [3.05, 3.63) is 53.1 Å². The molecule has 6 nitrogen and oxygen atoms in total. The number of carbonyl (C=O) groups is 1. The van der Waals surface area contributed by atoms with Gasteiger partial charge in [0.25, 0.3) is 5.91 Å². The van der Waals surface area contributed by atoms with Crippen molar-refractivity contribution in [2.45, 2.75) is 19.5 Å². The van der Waals surface area contributed by atoms with Crippen LogP contribution in [0.5, 0.6) is 5.75 Å². The van der Waals surface area contributed by atoms with Crippen LogP contribution >= 0.6 is 0 Å². The Labute approximate surface area is 128 Å². The van der Waals surface area contributed by atoms with Gasteiger partial charge in [-0.15, -0.1) is 0 Å². The Kier molecular flexibility index (Phi) is 4.02. The molecule has 3 rings (SSSR count). The Balaban J connectivity index is 1.79. The van der Waals surface area contributed by atoms with Crippen molar-refractivity contribution in [3.8, 4) is 5.75 Å². The number of aromatic nitrogens is 2. The average Bonchev–Trinajstić information content (AvgIpc) is 2.54. The molecule has 0 aliphatic carbocycles. The van der Waals surface area contributed by atoms with Crippen molar-refractivity contribution in [1.29, 1.82) is 0 Å². The lowest BCUT2D eigenvalue weighted by atomic mass is 10.1. The molecule has 0 radical (unpaired) electrons. The number of hydrogen-bond donors (Lipinski definition) is 1. The van der Waals surface area contributed by atoms with Gasteiger partial charge < -0.3 is 10.5 Å². The second-order valence-electron chi connectivity index (χ2n) is 5.30. The maximum absolute atomic E-state index is 11.2. The zero-order chi connectivity index (χ0) is 15.5. The molecule has 1 aromatic carbocycles. The van der Waals surface area contributed by atoms with Gasteiger partial charge in [-0.05, 0) is 18.1 Å². The number of fused-ring (bicyclic) bond motifs is 1. The molecular formula is C16H18N4O2. The van der Waals surface area contributed by atoms with E-state index in [0.29, 0.717) is 6.54 Å². The first-order valence-corrected chi connectivity index (χ1v) is 7.16. The molecule has 1 amide bonds. The Morgan fingerprint density at radius 3 is 3.00 bits per heavy atom. The number of nitrogens with two attached hydrogens (primary N) is 1. The third kappa shape index (κ3) is 2.92. The molecule has 2 aromatic rings. The highest BCUT2D eigenvalue weighted by molar-refractivity contribution is 5.88. The maximum Gasteiger partial charge on any atom is 0.286 e. The first-order valence-electron chi connectivity index (χ1n) is 7.16. The molecule has 114 valence electrons. The van der Waals surface area contributed by atoms with Gasteiger partial charge in [-0.2, -0.15) is 0 Å². The SMILES string of the molecule is COc1ccccc1CN1CCc2cnc(C(N)=O)nc2C1. The number of para-hydroxylation sites is 1. The van der Waals surface area contributed by atoms with Gasteiger partial charge in [0.2, 0.25) is 5.82 Å². The molecule has 1 aromatic heterocycles. The number of amides is 1. The Bertz CT molecular complexity index is 702. The smallest absolute Gasteiger partial charge is 0.286 e. The summed E-state index contributed by atoms with van der Waals surface area (Å²) < 4.78 is 5.39. The molecule has 0 spiro atoms. The Morgan fingerprint density at radius 2 is 2.23 bits per heavy atom. The molecule has 1 aliphatic rings. The molecule has 2 heterocycles. The lowest BCUT2D eigenvalue weighted by Gasteiger charge is -2.28. The molecule has 1 aliphatic heterocycles. The molecule has 0 fully saturated rings. The number of nitrogens with zero attached hydrogens (tertiary/aromatic N) is 3. The largest absolute Gasteiger partial charge is 0.496 e. The second kappa shape index (κ2) is 6.11. The molecule has 0 saturated carbocycles. The minimum Gasteiger partial charge on any atom is -0.496 e. The highest BCUT2D eigenvalue weighted by Crippen LogP contribution is 2.23. The maximum atomic E-state index is 11.2. The number of methoxy groups -OCH3 is 1. The first kappa shape index (κ1) is 14.5. The van der Waals surface area contributed by atoms with Gasteiger partial charge in [0.1, 0.15) is 5.75 Å². The number of ether oxygens (including phenoxy) is 1. The van der Waals surface area contributed by atoms with Crippen LogP contribution in [0.25, 0.3) is 0 Å². The summed E-state index contributed by atoms with van der Waals surface area (Å²) in [4.78, 5) is 21.8. The van der Waals surface area contributed by atoms with Crippen LogP contribution in [0.2, 0.25) is 0 Å². The van der Waals surface area contributed by atoms with E-state index in [2.05, 4.69) is 20.9 Å². The third-order valence-electron chi connectivity index (χ3n) is 3.83. The molecule has 0 unspecified atom stereocenters. The fourth-order valence-electron chi connectivity index (χ4n) is 2.69. The van der Waals surface area contributed by atoms with Gasteiger partial charge in [0.15, 0.2) is 0 Å². The number of hydrogen-bond acceptors (Lipinski definition) is 5. The van der Waals surface area contributed by atoms with E-state index >= 15 is 0 Å². The normalized spacial score (nSPS) is 14.4. The zero-order valence-electron chi connectivity index (χ0n) is 12.5. The average molecular weight is 298 g/mol. The van der Waals surface area contributed by atoms with Crippen LogP contribution in [0.1, 0.15) is 27.4 Å². The molecule has 0 saturated heterocycles. The predicted molar refractivity (Wildman–Crippen MR) is 81.4 cm³/mol. The lowest BCUT2D eigenvalue weighted by Crippen LogP contribution is -2.32. The fraction of sp³-hybridized carbons (Fsp3) is 0.312. The molecular weight excluding hydrogens is 280 g/mol. The predicted octanol–water partition coefficient (Wildman–Crippen LogP) is 1.14. The van der Waals surface area contributed by atoms with E-state index in [0.717, 1.165) is 42.1 Å². The topological polar surface area (TPSA) is 81.3 Å². The van der Waals surface area contributed by atoms with Gasteiger partial charge in [-0.1, -0.05) is 18.2 Å². The highest BCUT2D eigenvalue weighted by atomic mass is 16.5. The number of primary amides is 1. The van der Waals surface area contributed by atoms with E-state index in [1.165, 1.54) is 0 Å². The van der Waals surface area contributed by atoms with Crippen LogP contribution in [0, 0.1) is 0 Å². The highest BCUT2D eigenvalue weighted by Gasteiger charge is 2.20.